The average Bonchev–Trinajstić information content (AvgIpc) is 2.81. The average molecular weight is 251 g/mol. The normalized spacial score (nSPS) is 10.7. The predicted octanol–water partition coefficient (Wildman–Crippen LogP) is 3.87. The van der Waals surface area contributed by atoms with Crippen LogP contribution >= 0.6 is 11.3 Å². The van der Waals surface area contributed by atoms with Gasteiger partial charge in [-0.15, -0.1) is 11.3 Å². The Morgan fingerprint density at radius 1 is 1.12 bits per heavy atom. The maximum absolute atomic E-state index is 5.71. The molecule has 0 fully saturated rings. The minimum Gasteiger partial charge on any atom is -0.493 e. The van der Waals surface area contributed by atoms with Gasteiger partial charge in [-0.25, -0.2) is 4.98 Å². The molecule has 1 heterocycles. The summed E-state index contributed by atoms with van der Waals surface area (Å²) in [5.74, 6) is 1.70. The van der Waals surface area contributed by atoms with Crippen LogP contribution in [0.25, 0.3) is 10.2 Å². The SMILES string of the molecule is CCCOc1cc(OCCC)c2ncsc2c1. The van der Waals surface area contributed by atoms with Gasteiger partial charge in [0.05, 0.1) is 23.4 Å². The molecule has 92 valence electrons. The van der Waals surface area contributed by atoms with E-state index in [1.54, 1.807) is 11.3 Å². The highest BCUT2D eigenvalue weighted by Crippen LogP contribution is 2.32. The molecule has 0 unspecified atom stereocenters. The summed E-state index contributed by atoms with van der Waals surface area (Å²) in [5, 5.41) is 0. The van der Waals surface area contributed by atoms with Crippen molar-refractivity contribution in [2.45, 2.75) is 26.7 Å². The van der Waals surface area contributed by atoms with Crippen LogP contribution in [0.3, 0.4) is 0 Å². The summed E-state index contributed by atoms with van der Waals surface area (Å²) in [5.41, 5.74) is 2.78. The molecule has 17 heavy (non-hydrogen) atoms. The maximum atomic E-state index is 5.71. The Labute approximate surface area is 105 Å². The third-order valence-electron chi connectivity index (χ3n) is 2.31. The first-order chi connectivity index (χ1) is 8.35. The lowest BCUT2D eigenvalue weighted by Gasteiger charge is -2.09. The fourth-order valence-corrected chi connectivity index (χ4v) is 2.26. The van der Waals surface area contributed by atoms with Gasteiger partial charge in [0.2, 0.25) is 0 Å². The summed E-state index contributed by atoms with van der Waals surface area (Å²) < 4.78 is 12.5. The van der Waals surface area contributed by atoms with Crippen LogP contribution < -0.4 is 9.47 Å². The predicted molar refractivity (Wildman–Crippen MR) is 71.2 cm³/mol. The molecule has 0 atom stereocenters. The molecule has 3 nitrogen and oxygen atoms in total. The number of thiazole rings is 1. The summed E-state index contributed by atoms with van der Waals surface area (Å²) in [6.07, 6.45) is 2.00. The Balaban J connectivity index is 2.29. The van der Waals surface area contributed by atoms with Crippen LogP contribution in [-0.4, -0.2) is 18.2 Å². The highest BCUT2D eigenvalue weighted by atomic mass is 32.1. The van der Waals surface area contributed by atoms with Gasteiger partial charge in [-0.3, -0.25) is 0 Å². The molecule has 2 rings (SSSR count). The van der Waals surface area contributed by atoms with E-state index < -0.39 is 0 Å². The first-order valence-electron chi connectivity index (χ1n) is 5.98. The minimum atomic E-state index is 0.712. The molecule has 0 saturated heterocycles. The smallest absolute Gasteiger partial charge is 0.150 e. The molecule has 0 saturated carbocycles. The number of aromatic nitrogens is 1. The number of nitrogens with zero attached hydrogens (tertiary/aromatic N) is 1. The second-order valence-electron chi connectivity index (χ2n) is 3.82. The largest absolute Gasteiger partial charge is 0.493 e. The standard InChI is InChI=1S/C13H17NO2S/c1-3-5-15-10-7-11(16-6-4-2)13-12(8-10)17-9-14-13/h7-9H,3-6H2,1-2H3. The third-order valence-corrected chi connectivity index (χ3v) is 3.09. The molecule has 0 bridgehead atoms. The van der Waals surface area contributed by atoms with Crippen LogP contribution in [-0.2, 0) is 0 Å². The van der Waals surface area contributed by atoms with Gasteiger partial charge in [0.1, 0.15) is 17.0 Å². The van der Waals surface area contributed by atoms with E-state index >= 15 is 0 Å². The Morgan fingerprint density at radius 3 is 2.65 bits per heavy atom. The Kier molecular flexibility index (Phi) is 4.20. The van der Waals surface area contributed by atoms with Gasteiger partial charge in [-0.05, 0) is 18.9 Å². The zero-order valence-corrected chi connectivity index (χ0v) is 11.0. The van der Waals surface area contributed by atoms with E-state index in [0.717, 1.165) is 41.2 Å². The first kappa shape index (κ1) is 12.2. The maximum Gasteiger partial charge on any atom is 0.150 e. The van der Waals surface area contributed by atoms with E-state index in [4.69, 9.17) is 9.47 Å². The third kappa shape index (κ3) is 2.88. The van der Waals surface area contributed by atoms with Gasteiger partial charge in [0.25, 0.3) is 0 Å². The Morgan fingerprint density at radius 2 is 1.88 bits per heavy atom. The molecule has 0 radical (unpaired) electrons. The molecule has 0 aliphatic rings. The van der Waals surface area contributed by atoms with E-state index in [9.17, 15) is 0 Å². The van der Waals surface area contributed by atoms with Crippen LogP contribution in [0, 0.1) is 0 Å². The van der Waals surface area contributed by atoms with E-state index in [1.165, 1.54) is 0 Å². The summed E-state index contributed by atoms with van der Waals surface area (Å²) in [4.78, 5) is 4.33. The molecule has 0 aliphatic heterocycles. The molecular formula is C13H17NO2S. The lowest BCUT2D eigenvalue weighted by atomic mass is 10.3. The molecule has 0 spiro atoms. The second kappa shape index (κ2) is 5.87. The van der Waals surface area contributed by atoms with Gasteiger partial charge in [-0.2, -0.15) is 0 Å². The zero-order valence-electron chi connectivity index (χ0n) is 10.2. The minimum absolute atomic E-state index is 0.712. The Bertz CT molecular complexity index is 481. The van der Waals surface area contributed by atoms with Crippen LogP contribution in [0.4, 0.5) is 0 Å². The fourth-order valence-electron chi connectivity index (χ4n) is 1.54. The Hall–Kier alpha value is -1.29. The van der Waals surface area contributed by atoms with Crippen molar-refractivity contribution in [2.75, 3.05) is 13.2 Å². The summed E-state index contributed by atoms with van der Waals surface area (Å²) in [6, 6.07) is 3.97. The molecular weight excluding hydrogens is 234 g/mol. The van der Waals surface area contributed by atoms with E-state index in [-0.39, 0.29) is 0 Å². The van der Waals surface area contributed by atoms with Crippen LogP contribution in [0.15, 0.2) is 17.6 Å². The van der Waals surface area contributed by atoms with E-state index in [2.05, 4.69) is 18.8 Å². The molecule has 1 aromatic carbocycles. The van der Waals surface area contributed by atoms with Gasteiger partial charge in [-0.1, -0.05) is 13.8 Å². The number of rotatable bonds is 6. The van der Waals surface area contributed by atoms with Gasteiger partial charge in [0.15, 0.2) is 0 Å². The molecule has 2 aromatic rings. The van der Waals surface area contributed by atoms with Gasteiger partial charge < -0.3 is 9.47 Å². The van der Waals surface area contributed by atoms with Crippen molar-refractivity contribution in [1.82, 2.24) is 4.98 Å². The topological polar surface area (TPSA) is 31.4 Å². The fraction of sp³-hybridized carbons (Fsp3) is 0.462. The first-order valence-corrected chi connectivity index (χ1v) is 6.86. The van der Waals surface area contributed by atoms with Crippen molar-refractivity contribution < 1.29 is 9.47 Å². The van der Waals surface area contributed by atoms with E-state index in [1.807, 2.05) is 17.6 Å². The highest BCUT2D eigenvalue weighted by Gasteiger charge is 2.08. The van der Waals surface area contributed by atoms with Crippen LogP contribution in [0.1, 0.15) is 26.7 Å². The van der Waals surface area contributed by atoms with Gasteiger partial charge >= 0.3 is 0 Å². The molecule has 4 heteroatoms. The number of hydrogen-bond donors (Lipinski definition) is 0. The monoisotopic (exact) mass is 251 g/mol. The van der Waals surface area contributed by atoms with Crippen molar-refractivity contribution in [2.24, 2.45) is 0 Å². The van der Waals surface area contributed by atoms with Crippen LogP contribution in [0.2, 0.25) is 0 Å². The molecule has 0 N–H and O–H groups in total. The van der Waals surface area contributed by atoms with Crippen molar-refractivity contribution in [1.29, 1.82) is 0 Å². The number of hydrogen-bond acceptors (Lipinski definition) is 4. The quantitative estimate of drug-likeness (QED) is 0.781. The van der Waals surface area contributed by atoms with E-state index in [0.29, 0.717) is 6.61 Å². The van der Waals surface area contributed by atoms with Crippen molar-refractivity contribution in [3.8, 4) is 11.5 Å². The van der Waals surface area contributed by atoms with Gasteiger partial charge in [0, 0.05) is 6.07 Å². The summed E-state index contributed by atoms with van der Waals surface area (Å²) in [7, 11) is 0. The summed E-state index contributed by atoms with van der Waals surface area (Å²) in [6.45, 7) is 5.64. The van der Waals surface area contributed by atoms with Crippen LogP contribution in [0.5, 0.6) is 11.5 Å². The van der Waals surface area contributed by atoms with Crippen molar-refractivity contribution in [3.05, 3.63) is 17.6 Å². The lowest BCUT2D eigenvalue weighted by Crippen LogP contribution is -1.98. The number of ether oxygens (including phenoxy) is 2. The second-order valence-corrected chi connectivity index (χ2v) is 4.70. The lowest BCUT2D eigenvalue weighted by molar-refractivity contribution is 0.304. The molecule has 0 amide bonds. The van der Waals surface area contributed by atoms with Crippen molar-refractivity contribution >= 4 is 21.6 Å². The highest BCUT2D eigenvalue weighted by molar-refractivity contribution is 7.16. The number of fused-ring (bicyclic) bond motifs is 1. The molecule has 1 aromatic heterocycles. The molecule has 0 aliphatic carbocycles. The summed E-state index contributed by atoms with van der Waals surface area (Å²) >= 11 is 1.61. The zero-order chi connectivity index (χ0) is 12.1. The number of benzene rings is 1. The van der Waals surface area contributed by atoms with Crippen molar-refractivity contribution in [3.63, 3.8) is 0 Å².